The predicted octanol–water partition coefficient (Wildman–Crippen LogP) is 1.36. The first kappa shape index (κ1) is 19.7. The zero-order valence-corrected chi connectivity index (χ0v) is 17.1. The lowest BCUT2D eigenvalue weighted by molar-refractivity contribution is -0.124. The summed E-state index contributed by atoms with van der Waals surface area (Å²) in [5.74, 6) is 0.727. The van der Waals surface area contributed by atoms with E-state index in [1.165, 1.54) is 11.1 Å². The molecule has 0 aliphatic carbocycles. The number of amides is 3. The van der Waals surface area contributed by atoms with Gasteiger partial charge in [0.05, 0.1) is 24.9 Å². The molecule has 3 heterocycles. The molecule has 1 saturated heterocycles. The molecule has 4 rings (SSSR count). The van der Waals surface area contributed by atoms with Gasteiger partial charge in [0.1, 0.15) is 17.6 Å². The number of nitrogens with zero attached hydrogens (tertiary/aromatic N) is 4. The van der Waals surface area contributed by atoms with Crippen molar-refractivity contribution >= 4 is 34.9 Å². The number of methoxy groups -OCH3 is 1. The van der Waals surface area contributed by atoms with Gasteiger partial charge in [-0.3, -0.25) is 14.4 Å². The van der Waals surface area contributed by atoms with Gasteiger partial charge in [-0.25, -0.2) is 4.98 Å². The van der Waals surface area contributed by atoms with Crippen molar-refractivity contribution in [2.75, 3.05) is 48.9 Å². The molecule has 1 aromatic carbocycles. The molecule has 0 radical (unpaired) electrons. The predicted molar refractivity (Wildman–Crippen MR) is 112 cm³/mol. The second-order valence-electron chi connectivity index (χ2n) is 7.26. The molecule has 0 saturated carbocycles. The molecule has 156 valence electrons. The smallest absolute Gasteiger partial charge is 0.256 e. The van der Waals surface area contributed by atoms with Gasteiger partial charge in [0.2, 0.25) is 11.8 Å². The second kappa shape index (κ2) is 7.66. The van der Waals surface area contributed by atoms with E-state index in [2.05, 4.69) is 10.3 Å². The minimum Gasteiger partial charge on any atom is -0.497 e. The fourth-order valence-electron chi connectivity index (χ4n) is 3.71. The molecule has 1 atom stereocenters. The largest absolute Gasteiger partial charge is 0.497 e. The van der Waals surface area contributed by atoms with Crippen molar-refractivity contribution in [3.8, 4) is 5.75 Å². The van der Waals surface area contributed by atoms with E-state index in [9.17, 15) is 14.4 Å². The first-order valence-corrected chi connectivity index (χ1v) is 9.67. The highest BCUT2D eigenvalue weighted by molar-refractivity contribution is 6.06. The number of aromatic nitrogens is 1. The van der Waals surface area contributed by atoms with Gasteiger partial charge in [-0.05, 0) is 37.3 Å². The number of carbonyl (C=O) groups excluding carboxylic acids is 3. The Balaban J connectivity index is 1.53. The molecule has 1 aromatic heterocycles. The number of ether oxygens (including phenoxy) is 1. The van der Waals surface area contributed by atoms with Crippen molar-refractivity contribution < 1.29 is 19.1 Å². The molecule has 3 amide bonds. The lowest BCUT2D eigenvalue weighted by Crippen LogP contribution is -2.57. The van der Waals surface area contributed by atoms with E-state index in [-0.39, 0.29) is 24.3 Å². The Labute approximate surface area is 174 Å². The first-order chi connectivity index (χ1) is 14.4. The second-order valence-corrected chi connectivity index (χ2v) is 7.26. The number of likely N-dealkylation sites (N-methyl/N-ethyl adjacent to an activating group) is 1. The van der Waals surface area contributed by atoms with Crippen LogP contribution in [0.3, 0.4) is 0 Å². The zero-order valence-electron chi connectivity index (χ0n) is 17.1. The number of rotatable bonds is 3. The van der Waals surface area contributed by atoms with E-state index < -0.39 is 6.04 Å². The first-order valence-electron chi connectivity index (χ1n) is 9.67. The molecule has 9 nitrogen and oxygen atoms in total. The molecule has 2 aromatic rings. The lowest BCUT2D eigenvalue weighted by Gasteiger charge is -2.39. The highest BCUT2D eigenvalue weighted by Crippen LogP contribution is 2.29. The average molecular weight is 409 g/mol. The van der Waals surface area contributed by atoms with Gasteiger partial charge in [-0.1, -0.05) is 0 Å². The molecule has 1 fully saturated rings. The number of benzene rings is 1. The molecule has 1 unspecified atom stereocenters. The number of carbonyl (C=O) groups is 3. The Bertz CT molecular complexity index is 1010. The molecule has 2 aliphatic heterocycles. The van der Waals surface area contributed by atoms with Crippen molar-refractivity contribution in [1.82, 2.24) is 9.88 Å². The number of piperazine rings is 1. The zero-order chi connectivity index (χ0) is 21.4. The third kappa shape index (κ3) is 3.32. The minimum absolute atomic E-state index is 0.106. The summed E-state index contributed by atoms with van der Waals surface area (Å²) in [5.41, 5.74) is 1.66. The molecule has 2 aliphatic rings. The van der Waals surface area contributed by atoms with Crippen LogP contribution >= 0.6 is 0 Å². The molecular weight excluding hydrogens is 386 g/mol. The van der Waals surface area contributed by atoms with Gasteiger partial charge in [-0.15, -0.1) is 0 Å². The van der Waals surface area contributed by atoms with Crippen molar-refractivity contribution in [3.05, 3.63) is 42.1 Å². The van der Waals surface area contributed by atoms with Crippen LogP contribution in [0.25, 0.3) is 0 Å². The van der Waals surface area contributed by atoms with E-state index in [1.807, 2.05) is 12.1 Å². The topological polar surface area (TPSA) is 95.1 Å². The van der Waals surface area contributed by atoms with Crippen LogP contribution in [0, 0.1) is 0 Å². The summed E-state index contributed by atoms with van der Waals surface area (Å²) in [7, 11) is 3.24. The average Bonchev–Trinajstić information content (AvgIpc) is 2.77. The Hall–Kier alpha value is -3.62. The van der Waals surface area contributed by atoms with Gasteiger partial charge in [0.25, 0.3) is 5.91 Å². The van der Waals surface area contributed by atoms with E-state index in [0.717, 1.165) is 5.69 Å². The molecule has 0 spiro atoms. The Kier molecular flexibility index (Phi) is 5.03. The highest BCUT2D eigenvalue weighted by Gasteiger charge is 2.36. The summed E-state index contributed by atoms with van der Waals surface area (Å²) in [4.78, 5) is 47.0. The fraction of sp³-hybridized carbons (Fsp3) is 0.333. The summed E-state index contributed by atoms with van der Waals surface area (Å²) < 4.78 is 5.16. The van der Waals surface area contributed by atoms with Crippen molar-refractivity contribution in [3.63, 3.8) is 0 Å². The molecule has 9 heteroatoms. The van der Waals surface area contributed by atoms with Crippen LogP contribution in [0.1, 0.15) is 17.3 Å². The van der Waals surface area contributed by atoms with Gasteiger partial charge < -0.3 is 24.8 Å². The van der Waals surface area contributed by atoms with Crippen LogP contribution in [-0.4, -0.2) is 67.4 Å². The van der Waals surface area contributed by atoms with Crippen molar-refractivity contribution in [2.24, 2.45) is 0 Å². The maximum Gasteiger partial charge on any atom is 0.256 e. The monoisotopic (exact) mass is 409 g/mol. The van der Waals surface area contributed by atoms with Crippen molar-refractivity contribution in [1.29, 1.82) is 0 Å². The summed E-state index contributed by atoms with van der Waals surface area (Å²) in [6, 6.07) is 8.27. The van der Waals surface area contributed by atoms with Crippen LogP contribution in [0.2, 0.25) is 0 Å². The van der Waals surface area contributed by atoms with E-state index in [4.69, 9.17) is 4.74 Å². The SMILES string of the molecule is COc1ccc(N2CCN(C(=O)c3cnc4c(c3)N(C)C(=O)CN4)C(C)C2=O)cc1. The number of pyridine rings is 1. The fourth-order valence-corrected chi connectivity index (χ4v) is 3.71. The van der Waals surface area contributed by atoms with Gasteiger partial charge in [-0.2, -0.15) is 0 Å². The normalized spacial score (nSPS) is 18.8. The minimum atomic E-state index is -0.623. The van der Waals surface area contributed by atoms with E-state index in [1.54, 1.807) is 49.1 Å². The standard InChI is InChI=1S/C21H23N5O4/c1-13-20(28)26(15-4-6-16(30-3)7-5-15)9-8-25(13)21(29)14-10-17-19(22-11-14)23-12-18(27)24(17)2/h4-7,10-11,13H,8-9,12H2,1-3H3,(H,22,23). The van der Waals surface area contributed by atoms with Crippen LogP contribution in [0.15, 0.2) is 36.5 Å². The Morgan fingerprint density at radius 3 is 2.63 bits per heavy atom. The summed E-state index contributed by atoms with van der Waals surface area (Å²) in [6.07, 6.45) is 1.48. The third-order valence-corrected chi connectivity index (χ3v) is 5.56. The van der Waals surface area contributed by atoms with E-state index >= 15 is 0 Å². The van der Waals surface area contributed by atoms with Crippen LogP contribution in [0.4, 0.5) is 17.2 Å². The number of hydrogen-bond donors (Lipinski definition) is 1. The summed E-state index contributed by atoms with van der Waals surface area (Å²) in [5, 5.41) is 2.94. The number of hydrogen-bond acceptors (Lipinski definition) is 6. The molecule has 0 bridgehead atoms. The quantitative estimate of drug-likeness (QED) is 0.823. The summed E-state index contributed by atoms with van der Waals surface area (Å²) >= 11 is 0. The van der Waals surface area contributed by atoms with Gasteiger partial charge in [0.15, 0.2) is 0 Å². The lowest BCUT2D eigenvalue weighted by atomic mass is 10.1. The Morgan fingerprint density at radius 1 is 1.20 bits per heavy atom. The van der Waals surface area contributed by atoms with Crippen LogP contribution in [-0.2, 0) is 9.59 Å². The van der Waals surface area contributed by atoms with Gasteiger partial charge >= 0.3 is 0 Å². The number of nitrogens with one attached hydrogen (secondary N) is 1. The van der Waals surface area contributed by atoms with Gasteiger partial charge in [0, 0.05) is 32.0 Å². The number of fused-ring (bicyclic) bond motifs is 1. The summed E-state index contributed by atoms with van der Waals surface area (Å²) in [6.45, 7) is 2.67. The maximum absolute atomic E-state index is 13.1. The van der Waals surface area contributed by atoms with Crippen LogP contribution in [0.5, 0.6) is 5.75 Å². The highest BCUT2D eigenvalue weighted by atomic mass is 16.5. The molecule has 1 N–H and O–H groups in total. The molecule has 30 heavy (non-hydrogen) atoms. The number of anilines is 3. The van der Waals surface area contributed by atoms with E-state index in [0.29, 0.717) is 35.9 Å². The maximum atomic E-state index is 13.1. The van der Waals surface area contributed by atoms with Crippen molar-refractivity contribution in [2.45, 2.75) is 13.0 Å². The Morgan fingerprint density at radius 2 is 1.93 bits per heavy atom. The third-order valence-electron chi connectivity index (χ3n) is 5.56. The van der Waals surface area contributed by atoms with Crippen LogP contribution < -0.4 is 19.9 Å². The molecular formula is C21H23N5O4.